The van der Waals surface area contributed by atoms with Gasteiger partial charge >= 0.3 is 17.9 Å². The molecule has 32 nitrogen and oxygen atoms in total. The fourth-order valence-corrected chi connectivity index (χ4v) is 27.1. The average molecular weight is 2140 g/mol. The molecule has 0 unspecified atom stereocenters. The summed E-state index contributed by atoms with van der Waals surface area (Å²) in [5.74, 6) is -1.55. The molecule has 1 saturated heterocycles. The third-order valence-corrected chi connectivity index (χ3v) is 34.7. The summed E-state index contributed by atoms with van der Waals surface area (Å²) in [6, 6.07) is 53.6. The second kappa shape index (κ2) is 49.0. The van der Waals surface area contributed by atoms with Crippen LogP contribution in [0.3, 0.4) is 0 Å². The molecule has 4 N–H and O–H groups in total. The summed E-state index contributed by atoms with van der Waals surface area (Å²) < 4.78 is 148. The summed E-state index contributed by atoms with van der Waals surface area (Å²) in [4.78, 5) is 61.1. The molecule has 4 atom stereocenters. The van der Waals surface area contributed by atoms with E-state index in [1.54, 1.807) is 60.1 Å². The highest BCUT2D eigenvalue weighted by atomic mass is 32.2. The zero-order valence-electron chi connectivity index (χ0n) is 83.7. The Morgan fingerprint density at radius 2 is 0.646 bits per heavy atom. The van der Waals surface area contributed by atoms with Gasteiger partial charge in [0.2, 0.25) is 40.1 Å². The topological polar surface area (TPSA) is 454 Å². The molecule has 12 aromatic rings. The fourth-order valence-electron chi connectivity index (χ4n) is 18.3. The third kappa shape index (κ3) is 28.3. The summed E-state index contributed by atoms with van der Waals surface area (Å²) >= 11 is 6.11. The molecule has 1 fully saturated rings. The number of nitrogens with one attached hydrogen (secondary N) is 4. The van der Waals surface area contributed by atoms with E-state index in [4.69, 9.17) is 18.9 Å². The number of carbonyl (C=O) groups is 3. The summed E-state index contributed by atoms with van der Waals surface area (Å²) in [5, 5.41) is 41.4. The van der Waals surface area contributed by atoms with E-state index in [1.165, 1.54) is 46.7 Å². The standard InChI is InChI=1S/C31H39N5O3S2.C26H27N3O5S2.2C25H25N3O5S2/c1-21(2)39-29-11-8-22(18-23(29)19-32)31-33-20-30(40-31)27-7-5-6-26-25(27)9-10-28(26)34-41(37,38)17-16-36-14-12-24(13-15-36)35(3)4;1-16(2)34-23-10-7-17(13-18(23)14-27)26-28-15-24(35-26)21-6-4-5-20-19(21)8-9-22(20)29-36(31,32)12-11-25(30)33-3;2*1-15(2)33-22-10-7-16(11-17(22)12-26)25-27-13-23(34-25)20-6-4-5-19-18(20)8-9-21(19)28-35(30,31)14-24(29)32-3/h5-8,11,18,20-21,24,28,34H,9-10,12-17H2,1-4H3;4-7,10,13,15-16,22,29H,8-9,11-12H2,1-3H3;2*4-7,10-11,13,15,21,28H,8-9,14H2,1-3H3/t28-;22-;2*21-/m1110/s1. The zero-order valence-corrected chi connectivity index (χ0v) is 90.2. The van der Waals surface area contributed by atoms with Gasteiger partial charge < -0.3 is 43.0 Å². The van der Waals surface area contributed by atoms with Crippen LogP contribution in [0.5, 0.6) is 23.0 Å². The molecule has 0 amide bonds. The van der Waals surface area contributed by atoms with Crippen LogP contribution in [-0.4, -0.2) is 190 Å². The minimum Gasteiger partial charge on any atom is -0.490 e. The van der Waals surface area contributed by atoms with Crippen molar-refractivity contribution in [2.45, 2.75) is 181 Å². The molecule has 0 bridgehead atoms. The largest absolute Gasteiger partial charge is 0.490 e. The van der Waals surface area contributed by atoms with Crippen molar-refractivity contribution in [2.75, 3.05) is 78.1 Å². The third-order valence-electron chi connectivity index (χ3n) is 25.1. The highest BCUT2D eigenvalue weighted by molar-refractivity contribution is 7.90. The SMILES string of the molecule is CC(C)Oc1ccc(-c2ncc(-c3cccc4c3CC[C@H]4NS(=O)(=O)CCN3CCC(N(C)C)CC3)s2)cc1C#N.COC(=O)CCS(=O)(=O)N[C@@H]1CCc2c(-c3cnc(-c4ccc(OC(C)C)c(C#N)c4)s3)cccc21.COC(=O)CS(=O)(=O)N[C@@H]1CCc2c(-c3cnc(-c4ccc(OC(C)C)c(C#N)c4)s3)cccc21.COC(=O)CS(=O)(=O)N[C@H]1CCc2c(-c3cnc(-c4ccc(OC(C)C)c(C#N)c4)s3)cccc21. The lowest BCUT2D eigenvalue weighted by Crippen LogP contribution is -2.44. The number of fused-ring (bicyclic) bond motifs is 4. The number of thiazole rings is 4. The van der Waals surface area contributed by atoms with Crippen LogP contribution >= 0.6 is 45.3 Å². The van der Waals surface area contributed by atoms with Gasteiger partial charge in [0, 0.05) is 83.8 Å². The zero-order chi connectivity index (χ0) is 105. The van der Waals surface area contributed by atoms with Crippen molar-refractivity contribution in [3.8, 4) is 131 Å². The number of hydrogen-bond donors (Lipinski definition) is 4. The second-order valence-corrected chi connectivity index (χ2v) is 48.5. The molecule has 17 rings (SSSR count). The van der Waals surface area contributed by atoms with Crippen molar-refractivity contribution < 1.29 is 81.2 Å². The van der Waals surface area contributed by atoms with Crippen LogP contribution in [0.25, 0.3) is 84.0 Å². The summed E-state index contributed by atoms with van der Waals surface area (Å²) in [5.41, 5.74) is 17.5. The van der Waals surface area contributed by atoms with Gasteiger partial charge in [-0.3, -0.25) is 14.4 Å². The number of aromatic nitrogens is 4. The lowest BCUT2D eigenvalue weighted by molar-refractivity contribution is -0.140. The lowest BCUT2D eigenvalue weighted by atomic mass is 10.0. The highest BCUT2D eigenvalue weighted by Crippen LogP contribution is 2.48. The van der Waals surface area contributed by atoms with E-state index in [0.717, 1.165) is 182 Å². The van der Waals surface area contributed by atoms with Crippen LogP contribution in [0.2, 0.25) is 0 Å². The van der Waals surface area contributed by atoms with Crippen molar-refractivity contribution in [2.24, 2.45) is 0 Å². The van der Waals surface area contributed by atoms with Crippen molar-refractivity contribution in [3.05, 3.63) is 237 Å². The van der Waals surface area contributed by atoms with Gasteiger partial charge in [-0.1, -0.05) is 72.8 Å². The first-order valence-corrected chi connectivity index (χ1v) is 57.9. The molecule has 8 aromatic carbocycles. The Hall–Kier alpha value is -12.6. The summed E-state index contributed by atoms with van der Waals surface area (Å²) in [6.45, 7) is 17.8. The van der Waals surface area contributed by atoms with Gasteiger partial charge in [0.05, 0.1) is 105 Å². The second-order valence-electron chi connectivity index (χ2n) is 37.1. The number of sulfonamides is 4. The quantitative estimate of drug-likeness (QED) is 0.0212. The molecule has 147 heavy (non-hydrogen) atoms. The van der Waals surface area contributed by atoms with Gasteiger partial charge in [0.1, 0.15) is 67.3 Å². The molecule has 40 heteroatoms. The number of esters is 3. The van der Waals surface area contributed by atoms with E-state index in [0.29, 0.717) is 89.9 Å². The van der Waals surface area contributed by atoms with E-state index >= 15 is 0 Å². The Labute approximate surface area is 874 Å². The van der Waals surface area contributed by atoms with E-state index in [-0.39, 0.29) is 54.4 Å². The van der Waals surface area contributed by atoms with Crippen molar-refractivity contribution in [1.29, 1.82) is 21.0 Å². The van der Waals surface area contributed by atoms with Crippen LogP contribution in [-0.2, 0) is 94.4 Å². The monoisotopic (exact) mass is 2140 g/mol. The number of benzene rings is 8. The maximum absolute atomic E-state index is 13.1. The molecular formula is C107H116N14O18S8. The van der Waals surface area contributed by atoms with E-state index < -0.39 is 81.6 Å². The predicted octanol–water partition coefficient (Wildman–Crippen LogP) is 18.1. The van der Waals surface area contributed by atoms with Crippen LogP contribution in [0.1, 0.15) is 191 Å². The smallest absolute Gasteiger partial charge is 0.322 e. The molecule has 1 aliphatic heterocycles. The fraction of sp³-hybridized carbons (Fsp3) is 0.374. The first-order valence-electron chi connectivity index (χ1n) is 48.0. The van der Waals surface area contributed by atoms with Gasteiger partial charge in [-0.25, -0.2) is 72.5 Å². The number of nitrogens with zero attached hydrogens (tertiary/aromatic N) is 10. The number of carbonyl (C=O) groups excluding carboxylic acids is 3. The van der Waals surface area contributed by atoms with Gasteiger partial charge in [-0.2, -0.15) is 21.0 Å². The Balaban J connectivity index is 0.000000155. The number of rotatable bonds is 35. The number of likely N-dealkylation sites (tertiary alicyclic amines) is 1. The van der Waals surface area contributed by atoms with Crippen LogP contribution < -0.4 is 37.8 Å². The molecule has 4 aliphatic carbocycles. The summed E-state index contributed by atoms with van der Waals surface area (Å²) in [7, 11) is -6.90. The maximum Gasteiger partial charge on any atom is 0.322 e. The Kier molecular flexibility index (Phi) is 36.7. The minimum absolute atomic E-state index is 0.0150. The Morgan fingerprint density at radius 3 is 0.898 bits per heavy atom. The van der Waals surface area contributed by atoms with E-state index in [1.807, 2.05) is 171 Å². The van der Waals surface area contributed by atoms with E-state index in [9.17, 15) is 69.1 Å². The molecule has 0 radical (unpaired) electrons. The van der Waals surface area contributed by atoms with Crippen LogP contribution in [0.4, 0.5) is 0 Å². The number of ether oxygens (including phenoxy) is 7. The summed E-state index contributed by atoms with van der Waals surface area (Å²) in [6.07, 6.45) is 14.7. The molecule has 770 valence electrons. The molecule has 5 aliphatic rings. The molecule has 5 heterocycles. The molecular weight excluding hydrogens is 2030 g/mol. The molecule has 0 spiro atoms. The normalized spacial score (nSPS) is 15.9. The Bertz CT molecular complexity index is 7300. The number of piperidine rings is 1. The van der Waals surface area contributed by atoms with Crippen molar-refractivity contribution in [1.82, 2.24) is 48.6 Å². The highest BCUT2D eigenvalue weighted by Gasteiger charge is 2.37. The number of hydrogen-bond acceptors (Lipinski definition) is 32. The van der Waals surface area contributed by atoms with Gasteiger partial charge in [-0.15, -0.1) is 45.3 Å². The predicted molar refractivity (Wildman–Crippen MR) is 570 cm³/mol. The lowest BCUT2D eigenvalue weighted by Gasteiger charge is -2.35. The number of nitriles is 4. The first-order chi connectivity index (χ1) is 70.2. The van der Waals surface area contributed by atoms with E-state index in [2.05, 4.69) is 107 Å². The van der Waals surface area contributed by atoms with Gasteiger partial charge in [0.15, 0.2) is 11.5 Å². The first kappa shape index (κ1) is 110. The van der Waals surface area contributed by atoms with Gasteiger partial charge in [0.25, 0.3) is 0 Å². The van der Waals surface area contributed by atoms with Crippen LogP contribution in [0.15, 0.2) is 170 Å². The average Bonchev–Trinajstić information content (AvgIpc) is 1.64. The van der Waals surface area contributed by atoms with Crippen molar-refractivity contribution in [3.63, 3.8) is 0 Å². The molecule has 0 saturated carbocycles. The number of methoxy groups -OCH3 is 3. The molecule has 4 aromatic heterocycles. The maximum atomic E-state index is 13.1. The minimum atomic E-state index is -3.82. The Morgan fingerprint density at radius 1 is 0.381 bits per heavy atom. The van der Waals surface area contributed by atoms with Crippen LogP contribution in [0, 0.1) is 45.3 Å². The van der Waals surface area contributed by atoms with Crippen molar-refractivity contribution >= 4 is 103 Å². The van der Waals surface area contributed by atoms with Gasteiger partial charge in [-0.05, 0) is 286 Å².